The van der Waals surface area contributed by atoms with Crippen LogP contribution in [0.4, 0.5) is 10.5 Å². The topological polar surface area (TPSA) is 70.1 Å². The molecule has 1 unspecified atom stereocenters. The van der Waals surface area contributed by atoms with Crippen molar-refractivity contribution in [3.8, 4) is 0 Å². The standard InChI is InChI=1S/C16H18N2O4/c1-3-22-14(20)13-12(19)9-10-16(2)17(15(21)18(13)16)11-7-5-4-6-8-11/h4-8,19H,3,9-10H2,1-2H3. The quantitative estimate of drug-likeness (QED) is 0.872. The van der Waals surface area contributed by atoms with Crippen molar-refractivity contribution in [2.45, 2.75) is 32.4 Å². The zero-order valence-electron chi connectivity index (χ0n) is 12.6. The summed E-state index contributed by atoms with van der Waals surface area (Å²) in [6, 6.07) is 8.97. The molecular weight excluding hydrogens is 284 g/mol. The van der Waals surface area contributed by atoms with E-state index in [1.807, 2.05) is 37.3 Å². The van der Waals surface area contributed by atoms with Gasteiger partial charge in [-0.25, -0.2) is 9.59 Å². The molecule has 3 rings (SSSR count). The highest BCUT2D eigenvalue weighted by atomic mass is 16.5. The summed E-state index contributed by atoms with van der Waals surface area (Å²) < 4.78 is 4.97. The Morgan fingerprint density at radius 2 is 2.00 bits per heavy atom. The fourth-order valence-electron chi connectivity index (χ4n) is 3.10. The van der Waals surface area contributed by atoms with Gasteiger partial charge in [0.1, 0.15) is 11.4 Å². The highest BCUT2D eigenvalue weighted by Gasteiger charge is 2.60. The number of nitrogens with zero attached hydrogens (tertiary/aromatic N) is 2. The van der Waals surface area contributed by atoms with E-state index in [1.165, 1.54) is 4.90 Å². The summed E-state index contributed by atoms with van der Waals surface area (Å²) in [5.41, 5.74) is 0.0795. The van der Waals surface area contributed by atoms with E-state index in [1.54, 1.807) is 11.8 Å². The lowest BCUT2D eigenvalue weighted by atomic mass is 9.89. The summed E-state index contributed by atoms with van der Waals surface area (Å²) in [4.78, 5) is 27.6. The second-order valence-electron chi connectivity index (χ2n) is 5.52. The largest absolute Gasteiger partial charge is 0.510 e. The summed E-state index contributed by atoms with van der Waals surface area (Å²) in [5.74, 6) is -0.746. The molecule has 2 aliphatic heterocycles. The predicted molar refractivity (Wildman–Crippen MR) is 80.1 cm³/mol. The van der Waals surface area contributed by atoms with E-state index >= 15 is 0 Å². The maximum Gasteiger partial charge on any atom is 0.358 e. The number of aliphatic hydroxyl groups excluding tert-OH is 1. The second kappa shape index (κ2) is 5.05. The number of carbonyl (C=O) groups is 2. The Kier molecular flexibility index (Phi) is 3.31. The lowest BCUT2D eigenvalue weighted by Crippen LogP contribution is -2.77. The third-order valence-electron chi connectivity index (χ3n) is 4.16. The molecule has 2 amide bonds. The van der Waals surface area contributed by atoms with Crippen LogP contribution in [0.3, 0.4) is 0 Å². The van der Waals surface area contributed by atoms with Crippen LogP contribution < -0.4 is 4.90 Å². The van der Waals surface area contributed by atoms with Crippen molar-refractivity contribution >= 4 is 17.7 Å². The number of rotatable bonds is 3. The second-order valence-corrected chi connectivity index (χ2v) is 5.52. The monoisotopic (exact) mass is 302 g/mol. The molecule has 1 aromatic carbocycles. The molecule has 0 aliphatic carbocycles. The zero-order valence-corrected chi connectivity index (χ0v) is 12.6. The first-order valence-electron chi connectivity index (χ1n) is 7.29. The minimum absolute atomic E-state index is 0.0345. The summed E-state index contributed by atoms with van der Waals surface area (Å²) in [5, 5.41) is 10.0. The highest BCUT2D eigenvalue weighted by molar-refractivity contribution is 6.06. The molecule has 1 saturated heterocycles. The molecule has 0 radical (unpaired) electrons. The van der Waals surface area contributed by atoms with Gasteiger partial charge in [0.05, 0.1) is 6.61 Å². The summed E-state index contributed by atoms with van der Waals surface area (Å²) >= 11 is 0. The van der Waals surface area contributed by atoms with E-state index in [-0.39, 0.29) is 24.1 Å². The van der Waals surface area contributed by atoms with Crippen molar-refractivity contribution in [1.29, 1.82) is 0 Å². The normalized spacial score (nSPS) is 24.0. The summed E-state index contributed by atoms with van der Waals surface area (Å²) in [6.07, 6.45) is 0.875. The number of benzene rings is 1. The number of ether oxygens (including phenoxy) is 1. The Hall–Kier alpha value is -2.50. The van der Waals surface area contributed by atoms with E-state index in [2.05, 4.69) is 0 Å². The van der Waals surface area contributed by atoms with Crippen molar-refractivity contribution < 1.29 is 19.4 Å². The molecule has 2 aliphatic rings. The average Bonchev–Trinajstić information content (AvgIpc) is 2.50. The summed E-state index contributed by atoms with van der Waals surface area (Å²) in [7, 11) is 0. The average molecular weight is 302 g/mol. The lowest BCUT2D eigenvalue weighted by Gasteiger charge is -2.60. The molecule has 1 aromatic rings. The number of allylic oxidation sites excluding steroid dienone is 1. The minimum Gasteiger partial charge on any atom is -0.510 e. The van der Waals surface area contributed by atoms with E-state index < -0.39 is 11.6 Å². The number of para-hydroxylation sites is 1. The van der Waals surface area contributed by atoms with Gasteiger partial charge in [-0.2, -0.15) is 0 Å². The summed E-state index contributed by atoms with van der Waals surface area (Å²) in [6.45, 7) is 3.76. The Labute approximate surface area is 128 Å². The van der Waals surface area contributed by atoms with Gasteiger partial charge in [-0.05, 0) is 32.4 Å². The van der Waals surface area contributed by atoms with Crippen LogP contribution in [0.25, 0.3) is 0 Å². The van der Waals surface area contributed by atoms with E-state index in [0.717, 1.165) is 5.69 Å². The van der Waals surface area contributed by atoms with Crippen LogP contribution in [0, 0.1) is 0 Å². The number of fused-ring (bicyclic) bond motifs is 1. The molecule has 116 valence electrons. The van der Waals surface area contributed by atoms with Gasteiger partial charge in [0.25, 0.3) is 0 Å². The van der Waals surface area contributed by atoms with Crippen molar-refractivity contribution in [3.63, 3.8) is 0 Å². The fourth-order valence-corrected chi connectivity index (χ4v) is 3.10. The van der Waals surface area contributed by atoms with Gasteiger partial charge >= 0.3 is 12.0 Å². The van der Waals surface area contributed by atoms with Crippen LogP contribution in [0.15, 0.2) is 41.8 Å². The molecule has 2 heterocycles. The first kappa shape index (κ1) is 14.4. The Morgan fingerprint density at radius 1 is 1.32 bits per heavy atom. The first-order valence-corrected chi connectivity index (χ1v) is 7.29. The van der Waals surface area contributed by atoms with Gasteiger partial charge in [-0.3, -0.25) is 9.80 Å². The first-order chi connectivity index (χ1) is 10.5. The van der Waals surface area contributed by atoms with Gasteiger partial charge in [0.2, 0.25) is 0 Å². The lowest BCUT2D eigenvalue weighted by molar-refractivity contribution is -0.142. The number of hydrogen-bond donors (Lipinski definition) is 1. The number of carbonyl (C=O) groups excluding carboxylic acids is 2. The van der Waals surface area contributed by atoms with Crippen molar-refractivity contribution in [3.05, 3.63) is 41.8 Å². The zero-order chi connectivity index (χ0) is 15.9. The van der Waals surface area contributed by atoms with E-state index in [4.69, 9.17) is 4.74 Å². The Balaban J connectivity index is 1.98. The molecule has 0 bridgehead atoms. The van der Waals surface area contributed by atoms with Crippen molar-refractivity contribution in [2.24, 2.45) is 0 Å². The van der Waals surface area contributed by atoms with Crippen LogP contribution in [0.2, 0.25) is 0 Å². The maximum atomic E-state index is 12.6. The number of hydrogen-bond acceptors (Lipinski definition) is 4. The van der Waals surface area contributed by atoms with Crippen LogP contribution in [0.5, 0.6) is 0 Å². The smallest absolute Gasteiger partial charge is 0.358 e. The number of urea groups is 1. The number of amides is 2. The van der Waals surface area contributed by atoms with Gasteiger partial charge < -0.3 is 9.84 Å². The van der Waals surface area contributed by atoms with E-state index in [0.29, 0.717) is 12.8 Å². The molecule has 22 heavy (non-hydrogen) atoms. The molecule has 1 atom stereocenters. The van der Waals surface area contributed by atoms with Crippen LogP contribution in [-0.4, -0.2) is 34.3 Å². The number of esters is 1. The number of aliphatic hydroxyl groups is 1. The Morgan fingerprint density at radius 3 is 2.64 bits per heavy atom. The molecule has 0 spiro atoms. The third kappa shape index (κ3) is 1.87. The molecular formula is C16H18N2O4. The van der Waals surface area contributed by atoms with Gasteiger partial charge in [-0.15, -0.1) is 0 Å². The molecule has 1 fully saturated rings. The maximum absolute atomic E-state index is 12.6. The highest BCUT2D eigenvalue weighted by Crippen LogP contribution is 2.47. The predicted octanol–water partition coefficient (Wildman–Crippen LogP) is 2.77. The molecule has 6 nitrogen and oxygen atoms in total. The van der Waals surface area contributed by atoms with E-state index in [9.17, 15) is 14.7 Å². The van der Waals surface area contributed by atoms with Crippen LogP contribution in [-0.2, 0) is 9.53 Å². The minimum atomic E-state index is -0.660. The van der Waals surface area contributed by atoms with Gasteiger partial charge in [-0.1, -0.05) is 18.2 Å². The van der Waals surface area contributed by atoms with Crippen molar-refractivity contribution in [2.75, 3.05) is 11.5 Å². The Bertz CT molecular complexity index is 655. The number of anilines is 1. The van der Waals surface area contributed by atoms with Crippen molar-refractivity contribution in [1.82, 2.24) is 4.90 Å². The fraction of sp³-hybridized carbons (Fsp3) is 0.375. The molecule has 0 saturated carbocycles. The van der Waals surface area contributed by atoms with Gasteiger partial charge in [0, 0.05) is 12.1 Å². The van der Waals surface area contributed by atoms with Crippen LogP contribution >= 0.6 is 0 Å². The molecule has 6 heteroatoms. The molecule has 0 aromatic heterocycles. The molecule has 1 N–H and O–H groups in total. The SMILES string of the molecule is CCOC(=O)C1=C(O)CCC2(C)N1C(=O)N2c1ccccc1. The van der Waals surface area contributed by atoms with Gasteiger partial charge in [0.15, 0.2) is 5.70 Å². The van der Waals surface area contributed by atoms with Crippen LogP contribution in [0.1, 0.15) is 26.7 Å². The third-order valence-corrected chi connectivity index (χ3v) is 4.16.